The van der Waals surface area contributed by atoms with E-state index in [0.29, 0.717) is 11.3 Å². The first-order valence-electron chi connectivity index (χ1n) is 15.2. The topological polar surface area (TPSA) is 204 Å². The Morgan fingerprint density at radius 3 is 2.40 bits per heavy atom. The highest BCUT2D eigenvalue weighted by Crippen LogP contribution is 2.33. The fourth-order valence-corrected chi connectivity index (χ4v) is 5.04. The highest BCUT2D eigenvalue weighted by molar-refractivity contribution is 6.07. The Labute approximate surface area is 276 Å². The van der Waals surface area contributed by atoms with Gasteiger partial charge in [0.05, 0.1) is 6.42 Å². The van der Waals surface area contributed by atoms with Crippen molar-refractivity contribution in [2.75, 3.05) is 12.0 Å². The number of amides is 3. The fourth-order valence-electron chi connectivity index (χ4n) is 5.04. The van der Waals surface area contributed by atoms with Crippen LogP contribution in [0.2, 0.25) is 0 Å². The van der Waals surface area contributed by atoms with E-state index in [0.717, 1.165) is 5.56 Å². The number of rotatable bonds is 14. The SMILES string of the molecule is COCn1nnc(CC[C@H](NC(=O)OCc2ccccc2)C(=O)N2c3ccccc3C[C@H]2C(=O)N[C@@H](CC(=O)OC(C)(C)C)C(=O)O)n1. The lowest BCUT2D eigenvalue weighted by atomic mass is 10.1. The number of aryl methyl sites for hydroxylation is 1. The van der Waals surface area contributed by atoms with Gasteiger partial charge in [-0.2, -0.15) is 0 Å². The number of fused-ring (bicyclic) bond motifs is 1. The van der Waals surface area contributed by atoms with Crippen LogP contribution in [-0.4, -0.2) is 86.0 Å². The third-order valence-electron chi connectivity index (χ3n) is 7.12. The van der Waals surface area contributed by atoms with E-state index in [1.165, 1.54) is 16.8 Å². The summed E-state index contributed by atoms with van der Waals surface area (Å²) in [7, 11) is 1.47. The molecule has 3 amide bonds. The molecule has 48 heavy (non-hydrogen) atoms. The number of nitrogens with zero attached hydrogens (tertiary/aromatic N) is 5. The van der Waals surface area contributed by atoms with E-state index in [1.807, 2.05) is 6.07 Å². The normalized spacial score (nSPS) is 15.2. The Balaban J connectivity index is 1.56. The standard InChI is InChI=1S/C32H39N7O9/c1-32(2,3)48-27(40)17-23(30(43)44)33-28(41)25-16-21-12-8-9-13-24(21)39(25)29(42)22(14-15-26-35-37-38(36-26)19-46-4)34-31(45)47-18-20-10-6-5-7-11-20/h5-13,22-23,25H,14-19H2,1-4H3,(H,33,41)(H,34,45)(H,43,44)/t22-,23-,25-/m0/s1. The predicted molar refractivity (Wildman–Crippen MR) is 168 cm³/mol. The second-order valence-electron chi connectivity index (χ2n) is 12.0. The zero-order valence-corrected chi connectivity index (χ0v) is 27.1. The van der Waals surface area contributed by atoms with Crippen LogP contribution in [0.3, 0.4) is 0 Å². The number of alkyl carbamates (subject to hydrolysis) is 1. The minimum atomic E-state index is -1.62. The summed E-state index contributed by atoms with van der Waals surface area (Å²) in [5.74, 6) is -3.43. The van der Waals surface area contributed by atoms with Crippen LogP contribution in [0.25, 0.3) is 0 Å². The molecule has 0 spiro atoms. The molecule has 1 aliphatic heterocycles. The van der Waals surface area contributed by atoms with Crippen LogP contribution in [0.5, 0.6) is 0 Å². The summed E-state index contributed by atoms with van der Waals surface area (Å²) in [6.45, 7) is 4.92. The molecule has 0 fully saturated rings. The summed E-state index contributed by atoms with van der Waals surface area (Å²) < 4.78 is 15.6. The van der Waals surface area contributed by atoms with Crippen molar-refractivity contribution >= 4 is 35.5 Å². The molecule has 2 aromatic carbocycles. The third-order valence-corrected chi connectivity index (χ3v) is 7.12. The molecule has 16 nitrogen and oxygen atoms in total. The first-order chi connectivity index (χ1) is 22.8. The maximum Gasteiger partial charge on any atom is 0.408 e. The number of carboxylic acids is 1. The van der Waals surface area contributed by atoms with E-state index in [4.69, 9.17) is 14.2 Å². The summed E-state index contributed by atoms with van der Waals surface area (Å²) in [5, 5.41) is 26.9. The van der Waals surface area contributed by atoms with Crippen molar-refractivity contribution in [3.63, 3.8) is 0 Å². The summed E-state index contributed by atoms with van der Waals surface area (Å²) in [6, 6.07) is 11.8. The van der Waals surface area contributed by atoms with Gasteiger partial charge in [-0.1, -0.05) is 48.5 Å². The summed E-state index contributed by atoms with van der Waals surface area (Å²) >= 11 is 0. The van der Waals surface area contributed by atoms with Gasteiger partial charge < -0.3 is 30.0 Å². The van der Waals surface area contributed by atoms with Gasteiger partial charge in [0.15, 0.2) is 12.6 Å². The average molecular weight is 666 g/mol. The molecule has 2 heterocycles. The van der Waals surface area contributed by atoms with Gasteiger partial charge in [-0.3, -0.25) is 19.3 Å². The molecule has 0 saturated heterocycles. The van der Waals surface area contributed by atoms with Crippen molar-refractivity contribution in [1.29, 1.82) is 0 Å². The second-order valence-corrected chi connectivity index (χ2v) is 12.0. The number of methoxy groups -OCH3 is 1. The Hall–Kier alpha value is -5.38. The Morgan fingerprint density at radius 2 is 1.71 bits per heavy atom. The highest BCUT2D eigenvalue weighted by Gasteiger charge is 2.42. The molecule has 0 bridgehead atoms. The smallest absolute Gasteiger partial charge is 0.408 e. The Morgan fingerprint density at radius 1 is 1.00 bits per heavy atom. The number of para-hydroxylation sites is 1. The number of carbonyl (C=O) groups is 5. The molecule has 3 atom stereocenters. The number of carboxylic acid groups (broad SMARTS) is 1. The maximum atomic E-state index is 14.3. The number of anilines is 1. The Bertz CT molecular complexity index is 1610. The first-order valence-corrected chi connectivity index (χ1v) is 15.2. The molecule has 1 aliphatic rings. The third kappa shape index (κ3) is 9.81. The lowest BCUT2D eigenvalue weighted by Crippen LogP contribution is -2.57. The lowest BCUT2D eigenvalue weighted by Gasteiger charge is -2.30. The van der Waals surface area contributed by atoms with Crippen molar-refractivity contribution < 1.29 is 43.3 Å². The van der Waals surface area contributed by atoms with Gasteiger partial charge in [0.2, 0.25) is 11.8 Å². The van der Waals surface area contributed by atoms with E-state index in [1.54, 1.807) is 69.3 Å². The molecule has 256 valence electrons. The number of aliphatic carboxylic acids is 1. The fraction of sp³-hybridized carbons (Fsp3) is 0.438. The number of hydrogen-bond acceptors (Lipinski definition) is 11. The lowest BCUT2D eigenvalue weighted by molar-refractivity contribution is -0.158. The molecule has 0 saturated carbocycles. The summed E-state index contributed by atoms with van der Waals surface area (Å²) in [6.07, 6.45) is -1.32. The van der Waals surface area contributed by atoms with Crippen molar-refractivity contribution in [2.45, 2.75) is 83.5 Å². The van der Waals surface area contributed by atoms with Crippen LogP contribution in [0, 0.1) is 0 Å². The van der Waals surface area contributed by atoms with Crippen molar-refractivity contribution in [3.8, 4) is 0 Å². The molecule has 0 unspecified atom stereocenters. The van der Waals surface area contributed by atoms with E-state index >= 15 is 0 Å². The van der Waals surface area contributed by atoms with Crippen molar-refractivity contribution in [1.82, 2.24) is 30.8 Å². The van der Waals surface area contributed by atoms with Crippen LogP contribution in [-0.2, 0) is 59.6 Å². The van der Waals surface area contributed by atoms with Gasteiger partial charge in [0, 0.05) is 25.6 Å². The molecule has 4 rings (SSSR count). The number of esters is 1. The van der Waals surface area contributed by atoms with Gasteiger partial charge in [-0.25, -0.2) is 9.59 Å². The number of ether oxygens (including phenoxy) is 3. The van der Waals surface area contributed by atoms with Gasteiger partial charge in [-0.15, -0.1) is 15.0 Å². The molecule has 3 N–H and O–H groups in total. The van der Waals surface area contributed by atoms with Crippen LogP contribution >= 0.6 is 0 Å². The van der Waals surface area contributed by atoms with E-state index in [2.05, 4.69) is 26.0 Å². The van der Waals surface area contributed by atoms with Crippen molar-refractivity contribution in [3.05, 3.63) is 71.5 Å². The number of aromatic nitrogens is 4. The molecule has 0 aliphatic carbocycles. The number of nitrogens with one attached hydrogen (secondary N) is 2. The van der Waals surface area contributed by atoms with E-state index < -0.39 is 60.0 Å². The highest BCUT2D eigenvalue weighted by atomic mass is 16.6. The summed E-state index contributed by atoms with van der Waals surface area (Å²) in [5.41, 5.74) is 0.937. The average Bonchev–Trinajstić information content (AvgIpc) is 3.65. The number of hydrogen-bond donors (Lipinski definition) is 3. The van der Waals surface area contributed by atoms with Crippen LogP contribution in [0.4, 0.5) is 10.5 Å². The van der Waals surface area contributed by atoms with Crippen LogP contribution in [0.15, 0.2) is 54.6 Å². The molecule has 1 aromatic heterocycles. The molecular formula is C32H39N7O9. The zero-order chi connectivity index (χ0) is 34.8. The van der Waals surface area contributed by atoms with Gasteiger partial charge in [0.25, 0.3) is 0 Å². The van der Waals surface area contributed by atoms with Crippen LogP contribution < -0.4 is 15.5 Å². The number of benzene rings is 2. The van der Waals surface area contributed by atoms with Gasteiger partial charge >= 0.3 is 18.0 Å². The number of carbonyl (C=O) groups excluding carboxylic acids is 4. The summed E-state index contributed by atoms with van der Waals surface area (Å²) in [4.78, 5) is 67.9. The maximum absolute atomic E-state index is 14.3. The largest absolute Gasteiger partial charge is 0.480 e. The predicted octanol–water partition coefficient (Wildman–Crippen LogP) is 1.76. The minimum absolute atomic E-state index is 0.00134. The van der Waals surface area contributed by atoms with E-state index in [9.17, 15) is 29.1 Å². The number of tetrazole rings is 1. The Kier molecular flexibility index (Phi) is 11.8. The van der Waals surface area contributed by atoms with E-state index in [-0.39, 0.29) is 38.4 Å². The molecule has 3 aromatic rings. The van der Waals surface area contributed by atoms with Crippen LogP contribution in [0.1, 0.15) is 50.6 Å². The van der Waals surface area contributed by atoms with Gasteiger partial charge in [0.1, 0.15) is 30.3 Å². The quantitative estimate of drug-likeness (QED) is 0.211. The zero-order valence-electron chi connectivity index (χ0n) is 27.1. The minimum Gasteiger partial charge on any atom is -0.480 e. The molecule has 0 radical (unpaired) electrons. The second kappa shape index (κ2) is 15.9. The molecular weight excluding hydrogens is 626 g/mol. The van der Waals surface area contributed by atoms with Crippen molar-refractivity contribution in [2.24, 2.45) is 0 Å². The monoisotopic (exact) mass is 665 g/mol. The first kappa shape index (κ1) is 35.5. The molecule has 16 heteroatoms. The van der Waals surface area contributed by atoms with Gasteiger partial charge in [-0.05, 0) is 49.6 Å².